The summed E-state index contributed by atoms with van der Waals surface area (Å²) >= 11 is 0. The molecule has 7 nitrogen and oxygen atoms in total. The van der Waals surface area contributed by atoms with Gasteiger partial charge in [0.2, 0.25) is 0 Å². The van der Waals surface area contributed by atoms with E-state index in [1.807, 2.05) is 58.6 Å². The molecule has 2 amide bonds. The lowest BCUT2D eigenvalue weighted by atomic mass is 9.80. The van der Waals surface area contributed by atoms with E-state index >= 15 is 0 Å². The Kier molecular flexibility index (Phi) is 9.42. The molecular formula is C29H45N3O4. The number of hydrogen-bond donors (Lipinski definition) is 0. The average Bonchev–Trinajstić information content (AvgIpc) is 3.49. The van der Waals surface area contributed by atoms with Crippen LogP contribution in [-0.2, 0) is 9.47 Å². The maximum absolute atomic E-state index is 12.0. The van der Waals surface area contributed by atoms with E-state index in [1.165, 1.54) is 38.5 Å². The third-order valence-electron chi connectivity index (χ3n) is 6.81. The number of ether oxygens (including phenoxy) is 2. The van der Waals surface area contributed by atoms with Crippen molar-refractivity contribution in [2.45, 2.75) is 91.3 Å². The maximum Gasteiger partial charge on any atom is 0.410 e. The molecule has 36 heavy (non-hydrogen) atoms. The largest absolute Gasteiger partial charge is 0.444 e. The topological polar surface area (TPSA) is 72.0 Å². The van der Waals surface area contributed by atoms with Gasteiger partial charge in [0.25, 0.3) is 0 Å². The Hall–Kier alpha value is -2.57. The predicted octanol–water partition coefficient (Wildman–Crippen LogP) is 6.54. The molecule has 1 aromatic heterocycles. The molecule has 200 valence electrons. The average molecular weight is 500 g/mol. The first-order valence-corrected chi connectivity index (χ1v) is 13.5. The molecule has 4 rings (SSSR count). The van der Waals surface area contributed by atoms with Crippen LogP contribution in [0.15, 0.2) is 30.6 Å². The van der Waals surface area contributed by atoms with Gasteiger partial charge >= 0.3 is 12.2 Å². The third kappa shape index (κ3) is 8.82. The lowest BCUT2D eigenvalue weighted by Crippen LogP contribution is -2.35. The van der Waals surface area contributed by atoms with Crippen molar-refractivity contribution in [1.82, 2.24) is 14.8 Å². The van der Waals surface area contributed by atoms with Gasteiger partial charge in [0.15, 0.2) is 0 Å². The van der Waals surface area contributed by atoms with Crippen LogP contribution in [0, 0.1) is 11.8 Å². The highest BCUT2D eigenvalue weighted by molar-refractivity contribution is 5.77. The van der Waals surface area contributed by atoms with Crippen molar-refractivity contribution in [2.24, 2.45) is 11.8 Å². The quantitative estimate of drug-likeness (QED) is 0.462. The van der Waals surface area contributed by atoms with Crippen LogP contribution in [0.2, 0.25) is 0 Å². The fourth-order valence-corrected chi connectivity index (χ4v) is 5.07. The molecule has 1 unspecified atom stereocenters. The fourth-order valence-electron chi connectivity index (χ4n) is 5.07. The molecule has 1 saturated carbocycles. The van der Waals surface area contributed by atoms with Crippen LogP contribution in [0.3, 0.4) is 0 Å². The molecule has 1 aliphatic carbocycles. The van der Waals surface area contributed by atoms with Crippen molar-refractivity contribution < 1.29 is 19.1 Å². The summed E-state index contributed by atoms with van der Waals surface area (Å²) < 4.78 is 10.8. The Morgan fingerprint density at radius 3 is 2.00 bits per heavy atom. The molecule has 0 aromatic carbocycles. The van der Waals surface area contributed by atoms with Crippen LogP contribution in [0.25, 0.3) is 5.57 Å². The van der Waals surface area contributed by atoms with Crippen LogP contribution >= 0.6 is 0 Å². The van der Waals surface area contributed by atoms with Gasteiger partial charge in [-0.2, -0.15) is 0 Å². The van der Waals surface area contributed by atoms with E-state index in [-0.39, 0.29) is 17.8 Å². The van der Waals surface area contributed by atoms with Crippen molar-refractivity contribution >= 4 is 17.8 Å². The third-order valence-corrected chi connectivity index (χ3v) is 6.81. The second kappa shape index (κ2) is 12.1. The van der Waals surface area contributed by atoms with Gasteiger partial charge in [-0.3, -0.25) is 4.98 Å². The summed E-state index contributed by atoms with van der Waals surface area (Å²) in [5.41, 5.74) is 1.43. The van der Waals surface area contributed by atoms with Gasteiger partial charge in [0, 0.05) is 38.6 Å². The molecule has 0 radical (unpaired) electrons. The van der Waals surface area contributed by atoms with Gasteiger partial charge < -0.3 is 19.3 Å². The minimum atomic E-state index is -0.448. The number of amides is 2. The molecule has 2 aliphatic heterocycles. The molecule has 0 spiro atoms. The lowest BCUT2D eigenvalue weighted by Gasteiger charge is -2.28. The monoisotopic (exact) mass is 499 g/mol. The SMILES string of the molecule is CC(C)(C)OC(=O)N1CC=C(c2ccncc2)C1.CC(C)(C)OC(=O)N1CCC(C2CCCCC2)C1. The Morgan fingerprint density at radius 2 is 1.42 bits per heavy atom. The summed E-state index contributed by atoms with van der Waals surface area (Å²) in [6, 6.07) is 3.90. The molecule has 1 aromatic rings. The zero-order valence-corrected chi connectivity index (χ0v) is 23.1. The summed E-state index contributed by atoms with van der Waals surface area (Å²) in [6.45, 7) is 14.4. The summed E-state index contributed by atoms with van der Waals surface area (Å²) in [4.78, 5) is 31.5. The number of pyridine rings is 1. The zero-order valence-electron chi connectivity index (χ0n) is 23.1. The Bertz CT molecular complexity index is 895. The Balaban J connectivity index is 0.000000201. The van der Waals surface area contributed by atoms with E-state index in [0.29, 0.717) is 13.1 Å². The van der Waals surface area contributed by atoms with Crippen molar-refractivity contribution in [1.29, 1.82) is 0 Å². The van der Waals surface area contributed by atoms with E-state index in [1.54, 1.807) is 17.3 Å². The normalized spacial score (nSPS) is 20.9. The lowest BCUT2D eigenvalue weighted by molar-refractivity contribution is 0.0277. The zero-order chi connectivity index (χ0) is 26.3. The molecule has 3 aliphatic rings. The number of rotatable bonds is 2. The summed E-state index contributed by atoms with van der Waals surface area (Å²) in [5.74, 6) is 1.57. The first-order chi connectivity index (χ1) is 16.9. The molecule has 0 N–H and O–H groups in total. The molecule has 3 heterocycles. The molecule has 1 saturated heterocycles. The molecule has 0 bridgehead atoms. The van der Waals surface area contributed by atoms with Crippen LogP contribution < -0.4 is 0 Å². The summed E-state index contributed by atoms with van der Waals surface area (Å²) in [6.07, 6.45) is 13.3. The smallest absolute Gasteiger partial charge is 0.410 e. The van der Waals surface area contributed by atoms with E-state index in [0.717, 1.165) is 36.1 Å². The van der Waals surface area contributed by atoms with E-state index in [9.17, 15) is 9.59 Å². The number of hydrogen-bond acceptors (Lipinski definition) is 5. The van der Waals surface area contributed by atoms with Crippen LogP contribution in [0.5, 0.6) is 0 Å². The highest BCUT2D eigenvalue weighted by Gasteiger charge is 2.34. The number of aromatic nitrogens is 1. The highest BCUT2D eigenvalue weighted by atomic mass is 16.6. The molecule has 7 heteroatoms. The maximum atomic E-state index is 12.0. The second-order valence-electron chi connectivity index (χ2n) is 12.2. The van der Waals surface area contributed by atoms with Gasteiger partial charge in [-0.15, -0.1) is 0 Å². The van der Waals surface area contributed by atoms with Crippen molar-refractivity contribution in [3.63, 3.8) is 0 Å². The van der Waals surface area contributed by atoms with Crippen molar-refractivity contribution in [3.8, 4) is 0 Å². The van der Waals surface area contributed by atoms with Crippen LogP contribution in [0.4, 0.5) is 9.59 Å². The Labute approximate surface area is 217 Å². The standard InChI is InChI=1S/C15H27NO2.C14H18N2O2/c1-15(2,3)18-14(17)16-10-9-13(11-16)12-7-5-4-6-8-12;1-14(2,3)18-13(17)16-9-6-12(10-16)11-4-7-15-8-5-11/h12-13H,4-11H2,1-3H3;4-8H,9-10H2,1-3H3. The van der Waals surface area contributed by atoms with Gasteiger partial charge in [-0.1, -0.05) is 38.2 Å². The van der Waals surface area contributed by atoms with Crippen molar-refractivity contribution in [2.75, 3.05) is 26.2 Å². The predicted molar refractivity (Wildman–Crippen MR) is 143 cm³/mol. The summed E-state index contributed by atoms with van der Waals surface area (Å²) in [7, 11) is 0. The number of nitrogens with zero attached hydrogens (tertiary/aromatic N) is 3. The van der Waals surface area contributed by atoms with Crippen molar-refractivity contribution in [3.05, 3.63) is 36.2 Å². The highest BCUT2D eigenvalue weighted by Crippen LogP contribution is 2.35. The molecule has 2 fully saturated rings. The van der Waals surface area contributed by atoms with E-state index in [4.69, 9.17) is 9.47 Å². The van der Waals surface area contributed by atoms with E-state index < -0.39 is 5.60 Å². The van der Waals surface area contributed by atoms with E-state index in [2.05, 4.69) is 11.1 Å². The first-order valence-electron chi connectivity index (χ1n) is 13.5. The van der Waals surface area contributed by atoms with Crippen LogP contribution in [0.1, 0.15) is 85.6 Å². The number of carbonyl (C=O) groups is 2. The van der Waals surface area contributed by atoms with Gasteiger partial charge in [0.1, 0.15) is 11.2 Å². The molecular weight excluding hydrogens is 454 g/mol. The van der Waals surface area contributed by atoms with Gasteiger partial charge in [0.05, 0.1) is 0 Å². The Morgan fingerprint density at radius 1 is 0.833 bits per heavy atom. The molecule has 1 atom stereocenters. The second-order valence-corrected chi connectivity index (χ2v) is 12.2. The fraction of sp³-hybridized carbons (Fsp3) is 0.690. The number of carbonyl (C=O) groups excluding carboxylic acids is 2. The number of likely N-dealkylation sites (tertiary alicyclic amines) is 1. The first kappa shape index (κ1) is 28.0. The van der Waals surface area contributed by atoms with Gasteiger partial charge in [-0.05, 0) is 83.1 Å². The van der Waals surface area contributed by atoms with Crippen LogP contribution in [-0.4, -0.2) is 64.4 Å². The minimum Gasteiger partial charge on any atom is -0.444 e. The minimum absolute atomic E-state index is 0.124. The van der Waals surface area contributed by atoms with Gasteiger partial charge in [-0.25, -0.2) is 9.59 Å². The summed E-state index contributed by atoms with van der Waals surface area (Å²) in [5, 5.41) is 0.